The van der Waals surface area contributed by atoms with Crippen LogP contribution in [0.5, 0.6) is 0 Å². The van der Waals surface area contributed by atoms with E-state index >= 15 is 0 Å². The number of nitrogens with one attached hydrogen (secondary N) is 1. The van der Waals surface area contributed by atoms with Gasteiger partial charge < -0.3 is 15.0 Å². The molecular formula is C15H21ClN6O2. The average Bonchev–Trinajstić information content (AvgIpc) is 3.24. The summed E-state index contributed by atoms with van der Waals surface area (Å²) in [4.78, 5) is 12.0. The Morgan fingerprint density at radius 2 is 2.33 bits per heavy atom. The number of amides is 1. The molecule has 0 aliphatic heterocycles. The summed E-state index contributed by atoms with van der Waals surface area (Å²) in [5, 5.41) is 25.7. The molecule has 0 bridgehead atoms. The molecule has 1 saturated carbocycles. The molecule has 0 unspecified atom stereocenters. The molecule has 130 valence electrons. The van der Waals surface area contributed by atoms with Gasteiger partial charge in [-0.15, -0.1) is 10.2 Å². The summed E-state index contributed by atoms with van der Waals surface area (Å²) < 4.78 is 3.52. The van der Waals surface area contributed by atoms with Crippen LogP contribution in [0.4, 0.5) is 0 Å². The first-order chi connectivity index (χ1) is 11.5. The van der Waals surface area contributed by atoms with Crippen molar-refractivity contribution in [1.29, 1.82) is 0 Å². The average molecular weight is 353 g/mol. The van der Waals surface area contributed by atoms with Crippen LogP contribution in [0.2, 0.25) is 5.02 Å². The fraction of sp³-hybridized carbons (Fsp3) is 0.600. The molecule has 8 nitrogen and oxygen atoms in total. The van der Waals surface area contributed by atoms with Gasteiger partial charge >= 0.3 is 0 Å². The zero-order valence-electron chi connectivity index (χ0n) is 13.5. The van der Waals surface area contributed by atoms with E-state index in [4.69, 9.17) is 11.6 Å². The van der Waals surface area contributed by atoms with Crippen LogP contribution in [0.3, 0.4) is 0 Å². The Balaban J connectivity index is 1.44. The fourth-order valence-electron chi connectivity index (χ4n) is 3.20. The zero-order chi connectivity index (χ0) is 17.1. The first-order valence-electron chi connectivity index (χ1n) is 7.99. The lowest BCUT2D eigenvalue weighted by Crippen LogP contribution is -2.32. The molecule has 24 heavy (non-hydrogen) atoms. The highest BCUT2D eigenvalue weighted by Gasteiger charge is 2.35. The van der Waals surface area contributed by atoms with Gasteiger partial charge in [-0.3, -0.25) is 9.48 Å². The molecule has 3 rings (SSSR count). The third-order valence-electron chi connectivity index (χ3n) is 4.50. The minimum Gasteiger partial charge on any atom is -0.393 e. The zero-order valence-corrected chi connectivity index (χ0v) is 14.2. The normalized spacial score (nSPS) is 23.5. The third-order valence-corrected chi connectivity index (χ3v) is 4.70. The highest BCUT2D eigenvalue weighted by molar-refractivity contribution is 6.30. The van der Waals surface area contributed by atoms with Gasteiger partial charge in [-0.1, -0.05) is 11.6 Å². The second kappa shape index (κ2) is 7.31. The van der Waals surface area contributed by atoms with Gasteiger partial charge in [0.1, 0.15) is 12.2 Å². The molecule has 2 N–H and O–H groups in total. The predicted octanol–water partition coefficient (Wildman–Crippen LogP) is 0.726. The SMILES string of the molecule is Cn1cnnc1[C@H]1C[C@H](CNC(=O)CCn2cc(Cl)cn2)[C@H](O)C1. The van der Waals surface area contributed by atoms with E-state index in [0.717, 1.165) is 12.2 Å². The summed E-state index contributed by atoms with van der Waals surface area (Å²) in [5.41, 5.74) is 0. The van der Waals surface area contributed by atoms with Gasteiger partial charge in [-0.05, 0) is 12.8 Å². The number of carbonyl (C=O) groups is 1. The maximum absolute atomic E-state index is 12.0. The predicted molar refractivity (Wildman–Crippen MR) is 87.3 cm³/mol. The Labute approximate surface area is 144 Å². The number of hydrogen-bond donors (Lipinski definition) is 2. The quantitative estimate of drug-likeness (QED) is 0.798. The number of aromatic nitrogens is 5. The molecular weight excluding hydrogens is 332 g/mol. The Morgan fingerprint density at radius 1 is 1.50 bits per heavy atom. The van der Waals surface area contributed by atoms with Crippen molar-refractivity contribution in [2.24, 2.45) is 13.0 Å². The lowest BCUT2D eigenvalue weighted by molar-refractivity contribution is -0.121. The van der Waals surface area contributed by atoms with Crippen LogP contribution in [0, 0.1) is 5.92 Å². The van der Waals surface area contributed by atoms with Crippen LogP contribution in [0.25, 0.3) is 0 Å². The Morgan fingerprint density at radius 3 is 3.00 bits per heavy atom. The summed E-state index contributed by atoms with van der Waals surface area (Å²) in [5.74, 6) is 1.05. The van der Waals surface area contributed by atoms with Gasteiger partial charge in [0, 0.05) is 44.6 Å². The van der Waals surface area contributed by atoms with Crippen molar-refractivity contribution >= 4 is 17.5 Å². The van der Waals surface area contributed by atoms with Crippen LogP contribution in [0.1, 0.15) is 31.0 Å². The second-order valence-corrected chi connectivity index (χ2v) is 6.71. The number of aliphatic hydroxyl groups is 1. The van der Waals surface area contributed by atoms with Gasteiger partial charge in [0.25, 0.3) is 0 Å². The van der Waals surface area contributed by atoms with Gasteiger partial charge in [-0.2, -0.15) is 5.10 Å². The molecule has 0 aromatic carbocycles. The Bertz CT molecular complexity index is 700. The van der Waals surface area contributed by atoms with Crippen LogP contribution < -0.4 is 5.32 Å². The topological polar surface area (TPSA) is 97.9 Å². The number of nitrogens with zero attached hydrogens (tertiary/aromatic N) is 5. The van der Waals surface area contributed by atoms with Gasteiger partial charge in [0.15, 0.2) is 0 Å². The van der Waals surface area contributed by atoms with E-state index in [0.29, 0.717) is 31.0 Å². The van der Waals surface area contributed by atoms with Crippen molar-refractivity contribution in [2.45, 2.75) is 37.8 Å². The highest BCUT2D eigenvalue weighted by atomic mass is 35.5. The van der Waals surface area contributed by atoms with Crippen molar-refractivity contribution in [1.82, 2.24) is 29.9 Å². The molecule has 3 atom stereocenters. The maximum atomic E-state index is 12.0. The summed E-state index contributed by atoms with van der Waals surface area (Å²) in [6, 6.07) is 0. The highest BCUT2D eigenvalue weighted by Crippen LogP contribution is 2.37. The van der Waals surface area contributed by atoms with E-state index in [2.05, 4.69) is 20.6 Å². The van der Waals surface area contributed by atoms with E-state index in [9.17, 15) is 9.90 Å². The standard InChI is InChI=1S/C15H21ClN6O2/c1-21-9-18-20-15(21)10-4-11(13(23)5-10)6-17-14(24)2-3-22-8-12(16)7-19-22/h7-11,13,23H,2-6H2,1H3,(H,17,24)/t10-,11+,13+/m0/s1. The fourth-order valence-corrected chi connectivity index (χ4v) is 3.36. The van der Waals surface area contributed by atoms with Crippen molar-refractivity contribution in [3.63, 3.8) is 0 Å². The molecule has 1 aliphatic rings. The second-order valence-electron chi connectivity index (χ2n) is 6.27. The minimum atomic E-state index is -0.433. The van der Waals surface area contributed by atoms with E-state index < -0.39 is 6.10 Å². The molecule has 2 aromatic rings. The summed E-state index contributed by atoms with van der Waals surface area (Å²) in [7, 11) is 1.90. The lowest BCUT2D eigenvalue weighted by atomic mass is 10.0. The van der Waals surface area contributed by atoms with Crippen LogP contribution in [-0.2, 0) is 18.4 Å². The minimum absolute atomic E-state index is 0.0368. The van der Waals surface area contributed by atoms with E-state index in [1.54, 1.807) is 23.4 Å². The van der Waals surface area contributed by atoms with Gasteiger partial charge in [-0.25, -0.2) is 0 Å². The molecule has 0 saturated heterocycles. The number of carbonyl (C=O) groups excluding carboxylic acids is 1. The molecule has 1 fully saturated rings. The molecule has 1 aliphatic carbocycles. The monoisotopic (exact) mass is 352 g/mol. The van der Waals surface area contributed by atoms with Crippen molar-refractivity contribution in [3.8, 4) is 0 Å². The summed E-state index contributed by atoms with van der Waals surface area (Å²) in [6.07, 6.45) is 6.23. The summed E-state index contributed by atoms with van der Waals surface area (Å²) in [6.45, 7) is 0.946. The molecule has 0 spiro atoms. The lowest BCUT2D eigenvalue weighted by Gasteiger charge is -2.15. The molecule has 2 heterocycles. The van der Waals surface area contributed by atoms with Crippen molar-refractivity contribution < 1.29 is 9.90 Å². The number of hydrogen-bond acceptors (Lipinski definition) is 5. The van der Waals surface area contributed by atoms with Gasteiger partial charge in [0.05, 0.1) is 17.3 Å². The molecule has 9 heteroatoms. The van der Waals surface area contributed by atoms with Gasteiger partial charge in [0.2, 0.25) is 5.91 Å². The van der Waals surface area contributed by atoms with Crippen molar-refractivity contribution in [2.75, 3.05) is 6.54 Å². The number of rotatable bonds is 6. The number of halogens is 1. The van der Waals surface area contributed by atoms with Crippen molar-refractivity contribution in [3.05, 3.63) is 29.6 Å². The van der Waals surface area contributed by atoms with E-state index in [1.165, 1.54) is 0 Å². The van der Waals surface area contributed by atoms with E-state index in [1.807, 2.05) is 11.6 Å². The number of aliphatic hydroxyl groups excluding tert-OH is 1. The largest absolute Gasteiger partial charge is 0.393 e. The molecule has 0 radical (unpaired) electrons. The smallest absolute Gasteiger partial charge is 0.221 e. The molecule has 1 amide bonds. The van der Waals surface area contributed by atoms with Crippen LogP contribution in [0.15, 0.2) is 18.7 Å². The third kappa shape index (κ3) is 3.93. The molecule has 2 aromatic heterocycles. The van der Waals surface area contributed by atoms with Crippen LogP contribution >= 0.6 is 11.6 Å². The van der Waals surface area contributed by atoms with E-state index in [-0.39, 0.29) is 17.7 Å². The first kappa shape index (κ1) is 16.9. The summed E-state index contributed by atoms with van der Waals surface area (Å²) >= 11 is 5.78. The van der Waals surface area contributed by atoms with Crippen LogP contribution in [-0.4, -0.2) is 48.2 Å². The Hall–Kier alpha value is -1.93. The maximum Gasteiger partial charge on any atom is 0.221 e. The Kier molecular flexibility index (Phi) is 5.15. The first-order valence-corrected chi connectivity index (χ1v) is 8.37. The number of aryl methyl sites for hydroxylation is 2.